The third-order valence-electron chi connectivity index (χ3n) is 3.03. The smallest absolute Gasteiger partial charge is 0.247 e. The van der Waals surface area contributed by atoms with Crippen molar-refractivity contribution in [3.63, 3.8) is 0 Å². The molecule has 1 amide bonds. The fourth-order valence-electron chi connectivity index (χ4n) is 2.01. The van der Waals surface area contributed by atoms with Crippen molar-refractivity contribution in [1.29, 1.82) is 0 Å². The number of hydrogen-bond donors (Lipinski definition) is 1. The van der Waals surface area contributed by atoms with Gasteiger partial charge in [-0.15, -0.1) is 0 Å². The molecule has 1 fully saturated rings. The van der Waals surface area contributed by atoms with E-state index in [-0.39, 0.29) is 11.9 Å². The van der Waals surface area contributed by atoms with Gasteiger partial charge in [0.05, 0.1) is 17.6 Å². The number of nitrogens with two attached hydrogens (primary N) is 1. The number of anilines is 1. The maximum Gasteiger partial charge on any atom is 0.247 e. The van der Waals surface area contributed by atoms with Gasteiger partial charge in [-0.2, -0.15) is 5.10 Å². The predicted octanol–water partition coefficient (Wildman–Crippen LogP) is 0.567. The Bertz CT molecular complexity index is 385. The van der Waals surface area contributed by atoms with Crippen molar-refractivity contribution in [3.05, 3.63) is 11.9 Å². The highest BCUT2D eigenvalue weighted by Crippen LogP contribution is 2.25. The minimum absolute atomic E-state index is 0.151. The van der Waals surface area contributed by atoms with Crippen molar-refractivity contribution in [2.24, 2.45) is 0 Å². The van der Waals surface area contributed by atoms with Crippen LogP contribution in [0.4, 0.5) is 5.69 Å². The number of hydrogen-bond acceptors (Lipinski definition) is 3. The van der Waals surface area contributed by atoms with Gasteiger partial charge in [0, 0.05) is 13.1 Å². The molecule has 0 aliphatic carbocycles. The molecule has 1 atom stereocenters. The van der Waals surface area contributed by atoms with Gasteiger partial charge in [0.15, 0.2) is 0 Å². The summed E-state index contributed by atoms with van der Waals surface area (Å²) in [5.41, 5.74) is 7.24. The van der Waals surface area contributed by atoms with E-state index >= 15 is 0 Å². The van der Waals surface area contributed by atoms with Crippen LogP contribution >= 0.6 is 0 Å². The molecule has 82 valence electrons. The zero-order valence-electron chi connectivity index (χ0n) is 9.10. The van der Waals surface area contributed by atoms with Gasteiger partial charge in [-0.05, 0) is 20.3 Å². The van der Waals surface area contributed by atoms with E-state index in [1.807, 2.05) is 18.7 Å². The highest BCUT2D eigenvalue weighted by Gasteiger charge is 2.33. The molecule has 1 aromatic heterocycles. The zero-order valence-corrected chi connectivity index (χ0v) is 9.10. The molecular weight excluding hydrogens is 192 g/mol. The van der Waals surface area contributed by atoms with Crippen molar-refractivity contribution < 1.29 is 4.79 Å². The second-order valence-corrected chi connectivity index (χ2v) is 3.85. The normalized spacial score (nSPS) is 21.3. The Kier molecular flexibility index (Phi) is 2.38. The lowest BCUT2D eigenvalue weighted by Gasteiger charge is -2.14. The maximum atomic E-state index is 11.9. The first kappa shape index (κ1) is 10.0. The summed E-state index contributed by atoms with van der Waals surface area (Å²) in [5, 5.41) is 4.16. The first-order chi connectivity index (χ1) is 7.15. The first-order valence-electron chi connectivity index (χ1n) is 5.23. The van der Waals surface area contributed by atoms with Crippen LogP contribution in [0.1, 0.15) is 25.1 Å². The molecule has 1 unspecified atom stereocenters. The summed E-state index contributed by atoms with van der Waals surface area (Å²) in [6.45, 7) is 5.47. The van der Waals surface area contributed by atoms with E-state index in [1.165, 1.54) is 0 Å². The second kappa shape index (κ2) is 3.56. The van der Waals surface area contributed by atoms with E-state index in [2.05, 4.69) is 5.10 Å². The van der Waals surface area contributed by atoms with Gasteiger partial charge in [0.1, 0.15) is 6.04 Å². The zero-order chi connectivity index (χ0) is 11.0. The van der Waals surface area contributed by atoms with Crippen molar-refractivity contribution in [3.8, 4) is 0 Å². The summed E-state index contributed by atoms with van der Waals surface area (Å²) in [6.07, 6.45) is 2.44. The molecule has 2 rings (SSSR count). The average molecular weight is 208 g/mol. The fraction of sp³-hybridized carbons (Fsp3) is 0.600. The van der Waals surface area contributed by atoms with E-state index in [0.717, 1.165) is 25.2 Å². The van der Waals surface area contributed by atoms with Crippen LogP contribution in [-0.4, -0.2) is 33.7 Å². The van der Waals surface area contributed by atoms with Crippen LogP contribution in [0.2, 0.25) is 0 Å². The van der Waals surface area contributed by atoms with Gasteiger partial charge >= 0.3 is 0 Å². The summed E-state index contributed by atoms with van der Waals surface area (Å²) in [6, 6.07) is -0.151. The Morgan fingerprint density at radius 1 is 1.67 bits per heavy atom. The number of rotatable bonds is 2. The number of likely N-dealkylation sites (tertiary alicyclic amines) is 1. The molecule has 1 aromatic rings. The molecular formula is C10H16N4O. The number of nitrogens with zero attached hydrogens (tertiary/aromatic N) is 3. The molecule has 0 radical (unpaired) electrons. The van der Waals surface area contributed by atoms with Crippen LogP contribution in [0, 0.1) is 6.92 Å². The third-order valence-corrected chi connectivity index (χ3v) is 3.03. The quantitative estimate of drug-likeness (QED) is 0.772. The lowest BCUT2D eigenvalue weighted by Crippen LogP contribution is -2.28. The minimum Gasteiger partial charge on any atom is -0.396 e. The monoisotopic (exact) mass is 208 g/mol. The summed E-state index contributed by atoms with van der Waals surface area (Å²) >= 11 is 0. The first-order valence-corrected chi connectivity index (χ1v) is 5.23. The molecule has 5 nitrogen and oxygen atoms in total. The van der Waals surface area contributed by atoms with Crippen LogP contribution in [0.15, 0.2) is 6.20 Å². The Morgan fingerprint density at radius 2 is 2.40 bits per heavy atom. The maximum absolute atomic E-state index is 11.9. The highest BCUT2D eigenvalue weighted by atomic mass is 16.2. The number of amides is 1. The molecule has 0 spiro atoms. The van der Waals surface area contributed by atoms with Gasteiger partial charge in [0.2, 0.25) is 5.91 Å². The number of nitrogen functional groups attached to an aromatic ring is 1. The Hall–Kier alpha value is -1.52. The van der Waals surface area contributed by atoms with Crippen molar-refractivity contribution in [2.75, 3.05) is 18.8 Å². The van der Waals surface area contributed by atoms with Gasteiger partial charge < -0.3 is 10.6 Å². The van der Waals surface area contributed by atoms with Crippen molar-refractivity contribution in [2.45, 2.75) is 26.3 Å². The van der Waals surface area contributed by atoms with Crippen LogP contribution < -0.4 is 5.73 Å². The fourth-order valence-corrected chi connectivity index (χ4v) is 2.01. The van der Waals surface area contributed by atoms with E-state index in [9.17, 15) is 4.79 Å². The summed E-state index contributed by atoms with van der Waals surface area (Å²) in [5.74, 6) is 0.156. The van der Waals surface area contributed by atoms with E-state index in [0.29, 0.717) is 5.69 Å². The topological polar surface area (TPSA) is 64.2 Å². The molecule has 1 aliphatic heterocycles. The second-order valence-electron chi connectivity index (χ2n) is 3.85. The van der Waals surface area contributed by atoms with Crippen LogP contribution in [-0.2, 0) is 4.79 Å². The lowest BCUT2D eigenvalue weighted by molar-refractivity contribution is -0.130. The SMILES string of the molecule is CCN1CCC(n2ncc(N)c2C)C1=O. The Morgan fingerprint density at radius 3 is 2.87 bits per heavy atom. The van der Waals surface area contributed by atoms with Crippen LogP contribution in [0.5, 0.6) is 0 Å². The largest absolute Gasteiger partial charge is 0.396 e. The highest BCUT2D eigenvalue weighted by molar-refractivity contribution is 5.82. The van der Waals surface area contributed by atoms with Crippen molar-refractivity contribution >= 4 is 11.6 Å². The summed E-state index contributed by atoms with van der Waals surface area (Å²) in [4.78, 5) is 13.8. The molecule has 15 heavy (non-hydrogen) atoms. The molecule has 0 saturated carbocycles. The molecule has 1 aliphatic rings. The molecule has 5 heteroatoms. The average Bonchev–Trinajstić information content (AvgIpc) is 2.73. The lowest BCUT2D eigenvalue weighted by atomic mass is 10.2. The number of likely N-dealkylation sites (N-methyl/N-ethyl adjacent to an activating group) is 1. The Labute approximate surface area is 88.8 Å². The Balaban J connectivity index is 2.26. The van der Waals surface area contributed by atoms with Crippen LogP contribution in [0.3, 0.4) is 0 Å². The standard InChI is InChI=1S/C10H16N4O/c1-3-13-5-4-9(10(13)15)14-7(2)8(11)6-12-14/h6,9H,3-5,11H2,1-2H3. The number of carbonyl (C=O) groups is 1. The van der Waals surface area contributed by atoms with Crippen molar-refractivity contribution in [1.82, 2.24) is 14.7 Å². The van der Waals surface area contributed by atoms with Crippen LogP contribution in [0.25, 0.3) is 0 Å². The molecule has 1 saturated heterocycles. The number of carbonyl (C=O) groups excluding carboxylic acids is 1. The minimum atomic E-state index is -0.151. The molecule has 0 aromatic carbocycles. The van der Waals surface area contributed by atoms with Gasteiger partial charge in [0.25, 0.3) is 0 Å². The predicted molar refractivity (Wildman–Crippen MR) is 57.3 cm³/mol. The molecule has 2 heterocycles. The number of aromatic nitrogens is 2. The third kappa shape index (κ3) is 1.48. The van der Waals surface area contributed by atoms with E-state index in [4.69, 9.17) is 5.73 Å². The van der Waals surface area contributed by atoms with E-state index in [1.54, 1.807) is 10.9 Å². The summed E-state index contributed by atoms with van der Waals surface area (Å²) < 4.78 is 1.74. The van der Waals surface area contributed by atoms with Gasteiger partial charge in [-0.25, -0.2) is 0 Å². The van der Waals surface area contributed by atoms with Gasteiger partial charge in [-0.1, -0.05) is 0 Å². The van der Waals surface area contributed by atoms with E-state index < -0.39 is 0 Å². The van der Waals surface area contributed by atoms with Gasteiger partial charge in [-0.3, -0.25) is 9.48 Å². The summed E-state index contributed by atoms with van der Waals surface area (Å²) in [7, 11) is 0. The molecule has 0 bridgehead atoms. The molecule has 2 N–H and O–H groups in total.